The van der Waals surface area contributed by atoms with Gasteiger partial charge in [0.2, 0.25) is 0 Å². The molecule has 4 heteroatoms. The van der Waals surface area contributed by atoms with Crippen molar-refractivity contribution in [3.05, 3.63) is 176 Å². The Labute approximate surface area is 304 Å². The van der Waals surface area contributed by atoms with Crippen LogP contribution < -0.4 is 0 Å². The first-order valence-electron chi connectivity index (χ1n) is 17.9. The molecule has 0 aliphatic heterocycles. The van der Waals surface area contributed by atoms with E-state index in [0.717, 1.165) is 55.1 Å². The highest BCUT2D eigenvalue weighted by molar-refractivity contribution is 6.26. The summed E-state index contributed by atoms with van der Waals surface area (Å²) in [5.41, 5.74) is 6.65. The first-order chi connectivity index (χ1) is 26.2. The number of benzene rings is 9. The zero-order valence-corrected chi connectivity index (χ0v) is 28.5. The molecule has 0 saturated carbocycles. The van der Waals surface area contributed by atoms with E-state index in [9.17, 15) is 0 Å². The Kier molecular flexibility index (Phi) is 6.52. The van der Waals surface area contributed by atoms with E-state index in [1.165, 1.54) is 37.7 Å². The average molecular weight is 676 g/mol. The molecular weight excluding hydrogens is 647 g/mol. The molecule has 4 nitrogen and oxygen atoms in total. The first-order valence-corrected chi connectivity index (χ1v) is 17.9. The van der Waals surface area contributed by atoms with E-state index in [4.69, 9.17) is 19.4 Å². The molecule has 0 N–H and O–H groups in total. The maximum atomic E-state index is 6.49. The summed E-state index contributed by atoms with van der Waals surface area (Å²) in [5, 5.41) is 11.9. The third-order valence-corrected chi connectivity index (χ3v) is 10.5. The Morgan fingerprint density at radius 1 is 0.302 bits per heavy atom. The van der Waals surface area contributed by atoms with Crippen molar-refractivity contribution in [1.82, 2.24) is 15.0 Å². The van der Waals surface area contributed by atoms with Crippen LogP contribution in [0.2, 0.25) is 0 Å². The second kappa shape index (κ2) is 11.7. The molecule has 2 heterocycles. The summed E-state index contributed by atoms with van der Waals surface area (Å²) in [4.78, 5) is 15.3. The van der Waals surface area contributed by atoms with E-state index < -0.39 is 0 Å². The number of aromatic nitrogens is 3. The van der Waals surface area contributed by atoms with Gasteiger partial charge in [-0.25, -0.2) is 15.0 Å². The van der Waals surface area contributed by atoms with Gasteiger partial charge in [-0.05, 0) is 84.5 Å². The van der Waals surface area contributed by atoms with E-state index in [2.05, 4.69) is 133 Å². The number of rotatable bonds is 4. The van der Waals surface area contributed by atoms with Gasteiger partial charge in [-0.1, -0.05) is 146 Å². The molecule has 0 spiro atoms. The maximum absolute atomic E-state index is 6.49. The lowest BCUT2D eigenvalue weighted by molar-refractivity contribution is 0.669. The Balaban J connectivity index is 1.11. The molecule has 246 valence electrons. The Morgan fingerprint density at radius 3 is 1.62 bits per heavy atom. The normalized spacial score (nSPS) is 11.8. The van der Waals surface area contributed by atoms with Crippen LogP contribution >= 0.6 is 0 Å². The summed E-state index contributed by atoms with van der Waals surface area (Å²) in [6.07, 6.45) is 0. The van der Waals surface area contributed by atoms with E-state index in [-0.39, 0.29) is 0 Å². The first kappa shape index (κ1) is 29.5. The lowest BCUT2D eigenvalue weighted by Gasteiger charge is -2.12. The van der Waals surface area contributed by atoms with Crippen molar-refractivity contribution in [3.8, 4) is 45.3 Å². The second-order valence-corrected chi connectivity index (χ2v) is 13.6. The minimum Gasteiger partial charge on any atom is -0.456 e. The zero-order valence-electron chi connectivity index (χ0n) is 28.5. The largest absolute Gasteiger partial charge is 0.456 e. The molecule has 0 fully saturated rings. The Hall–Kier alpha value is -7.17. The number of hydrogen-bond donors (Lipinski definition) is 0. The topological polar surface area (TPSA) is 51.8 Å². The summed E-state index contributed by atoms with van der Waals surface area (Å²) in [6, 6.07) is 61.7. The third-order valence-electron chi connectivity index (χ3n) is 10.5. The minimum absolute atomic E-state index is 0.602. The van der Waals surface area contributed by atoms with Crippen LogP contribution in [0.3, 0.4) is 0 Å². The molecular formula is C49H29N3O. The molecule has 9 aromatic carbocycles. The lowest BCUT2D eigenvalue weighted by atomic mass is 9.92. The second-order valence-electron chi connectivity index (χ2n) is 13.6. The molecule has 2 aromatic heterocycles. The van der Waals surface area contributed by atoms with Crippen LogP contribution in [0.4, 0.5) is 0 Å². The van der Waals surface area contributed by atoms with Crippen LogP contribution in [0.1, 0.15) is 0 Å². The number of furan rings is 1. The summed E-state index contributed by atoms with van der Waals surface area (Å²) in [6.45, 7) is 0. The van der Waals surface area contributed by atoms with Crippen molar-refractivity contribution in [2.24, 2.45) is 0 Å². The quantitative estimate of drug-likeness (QED) is 0.174. The smallest absolute Gasteiger partial charge is 0.164 e. The molecule has 11 aromatic rings. The molecule has 11 rings (SSSR count). The van der Waals surface area contributed by atoms with Gasteiger partial charge in [-0.3, -0.25) is 0 Å². The SMILES string of the molecule is c1ccc(-c2nc(-c3ccc4ccccc4c3)nc(-c3cccc4oc5ccc(-c6ccc7c8ccccc8c8ccccc8c7c6)cc5c34)n2)cc1. The van der Waals surface area contributed by atoms with Gasteiger partial charge in [0.1, 0.15) is 11.2 Å². The number of fused-ring (bicyclic) bond motifs is 10. The van der Waals surface area contributed by atoms with Crippen LogP contribution in [0.15, 0.2) is 180 Å². The number of hydrogen-bond acceptors (Lipinski definition) is 4. The van der Waals surface area contributed by atoms with Crippen LogP contribution in [0.5, 0.6) is 0 Å². The number of nitrogens with zero attached hydrogens (tertiary/aromatic N) is 3. The van der Waals surface area contributed by atoms with E-state index in [0.29, 0.717) is 17.5 Å². The summed E-state index contributed by atoms with van der Waals surface area (Å²) in [5.74, 6) is 1.85. The molecule has 0 bridgehead atoms. The Bertz CT molecular complexity index is 3200. The van der Waals surface area contributed by atoms with Crippen LogP contribution in [0, 0.1) is 0 Å². The molecule has 0 atom stereocenters. The van der Waals surface area contributed by atoms with Gasteiger partial charge in [0, 0.05) is 27.5 Å². The van der Waals surface area contributed by atoms with Gasteiger partial charge >= 0.3 is 0 Å². The molecule has 0 aliphatic carbocycles. The van der Waals surface area contributed by atoms with Crippen LogP contribution in [-0.2, 0) is 0 Å². The summed E-state index contributed by atoms with van der Waals surface area (Å²) < 4.78 is 6.49. The van der Waals surface area contributed by atoms with Crippen molar-refractivity contribution in [1.29, 1.82) is 0 Å². The lowest BCUT2D eigenvalue weighted by Crippen LogP contribution is -2.00. The predicted octanol–water partition coefficient (Wildman–Crippen LogP) is 13.1. The highest BCUT2D eigenvalue weighted by atomic mass is 16.3. The van der Waals surface area contributed by atoms with Crippen molar-refractivity contribution < 1.29 is 4.42 Å². The van der Waals surface area contributed by atoms with Crippen molar-refractivity contribution >= 4 is 65.0 Å². The van der Waals surface area contributed by atoms with Crippen molar-refractivity contribution in [3.63, 3.8) is 0 Å². The fourth-order valence-electron chi connectivity index (χ4n) is 7.95. The van der Waals surface area contributed by atoms with Gasteiger partial charge in [-0.2, -0.15) is 0 Å². The molecule has 0 unspecified atom stereocenters. The van der Waals surface area contributed by atoms with Gasteiger partial charge in [-0.15, -0.1) is 0 Å². The highest BCUT2D eigenvalue weighted by Gasteiger charge is 2.19. The monoisotopic (exact) mass is 675 g/mol. The van der Waals surface area contributed by atoms with Crippen molar-refractivity contribution in [2.45, 2.75) is 0 Å². The molecule has 0 amide bonds. The van der Waals surface area contributed by atoms with Gasteiger partial charge in [0.25, 0.3) is 0 Å². The van der Waals surface area contributed by atoms with E-state index in [1.807, 2.05) is 42.5 Å². The van der Waals surface area contributed by atoms with E-state index in [1.54, 1.807) is 0 Å². The maximum Gasteiger partial charge on any atom is 0.164 e. The van der Waals surface area contributed by atoms with Crippen LogP contribution in [0.25, 0.3) is 110 Å². The minimum atomic E-state index is 0.602. The predicted molar refractivity (Wildman–Crippen MR) is 219 cm³/mol. The fraction of sp³-hybridized carbons (Fsp3) is 0. The average Bonchev–Trinajstić information content (AvgIpc) is 3.62. The zero-order chi connectivity index (χ0) is 34.9. The Morgan fingerprint density at radius 2 is 0.868 bits per heavy atom. The molecule has 0 aliphatic rings. The van der Waals surface area contributed by atoms with Gasteiger partial charge < -0.3 is 4.42 Å². The van der Waals surface area contributed by atoms with Gasteiger partial charge in [0.15, 0.2) is 17.5 Å². The molecule has 0 radical (unpaired) electrons. The van der Waals surface area contributed by atoms with Gasteiger partial charge in [0.05, 0.1) is 0 Å². The highest BCUT2D eigenvalue weighted by Crippen LogP contribution is 2.41. The fourth-order valence-corrected chi connectivity index (χ4v) is 7.95. The third kappa shape index (κ3) is 4.80. The summed E-state index contributed by atoms with van der Waals surface area (Å²) in [7, 11) is 0. The molecule has 0 saturated heterocycles. The molecule has 53 heavy (non-hydrogen) atoms. The van der Waals surface area contributed by atoms with Crippen molar-refractivity contribution in [2.75, 3.05) is 0 Å². The summed E-state index contributed by atoms with van der Waals surface area (Å²) >= 11 is 0. The van der Waals surface area contributed by atoms with E-state index >= 15 is 0 Å². The standard InChI is InChI=1S/C49H29N3O/c1-2-12-31(13-3-1)47-50-48(35-22-21-30-11-4-5-14-32(30)27-35)52-49(51-47)41-19-10-20-45-46(41)43-29-34(24-26-44(43)53-45)33-23-25-40-38-17-7-6-15-36(38)37-16-8-9-18-39(37)42(40)28-33/h1-29H. The van der Waals surface area contributed by atoms with Crippen LogP contribution in [-0.4, -0.2) is 15.0 Å².